The summed E-state index contributed by atoms with van der Waals surface area (Å²) in [6.45, 7) is 1.84. The standard InChI is InChI=1S/C11H13N3O3S/c1-8-4-9(12)6-11(5-8)18(15,16)14-7-10-2-3-13-17-10/h2-6,14H,7,12H2,1H3. The fourth-order valence-corrected chi connectivity index (χ4v) is 2.65. The van der Waals surface area contributed by atoms with Gasteiger partial charge in [-0.3, -0.25) is 0 Å². The SMILES string of the molecule is Cc1cc(N)cc(S(=O)(=O)NCc2ccno2)c1. The Bertz CT molecular complexity index is 615. The normalized spacial score (nSPS) is 11.6. The Morgan fingerprint density at radius 2 is 2.17 bits per heavy atom. The number of rotatable bonds is 4. The molecule has 1 aromatic heterocycles. The lowest BCUT2D eigenvalue weighted by atomic mass is 10.2. The molecule has 1 heterocycles. The van der Waals surface area contributed by atoms with E-state index in [2.05, 4.69) is 9.88 Å². The molecule has 0 atom stereocenters. The molecule has 0 amide bonds. The Morgan fingerprint density at radius 1 is 1.39 bits per heavy atom. The van der Waals surface area contributed by atoms with Gasteiger partial charge in [-0.2, -0.15) is 0 Å². The average molecular weight is 267 g/mol. The van der Waals surface area contributed by atoms with Crippen molar-refractivity contribution in [2.75, 3.05) is 5.73 Å². The van der Waals surface area contributed by atoms with Crippen LogP contribution in [0.25, 0.3) is 0 Å². The van der Waals surface area contributed by atoms with Crippen molar-refractivity contribution in [1.29, 1.82) is 0 Å². The zero-order valence-electron chi connectivity index (χ0n) is 9.75. The van der Waals surface area contributed by atoms with Crippen LogP contribution >= 0.6 is 0 Å². The van der Waals surface area contributed by atoms with E-state index in [0.717, 1.165) is 5.56 Å². The van der Waals surface area contributed by atoms with E-state index in [0.29, 0.717) is 11.4 Å². The minimum atomic E-state index is -3.60. The summed E-state index contributed by atoms with van der Waals surface area (Å²) in [5.74, 6) is 0.444. The molecule has 2 rings (SSSR count). The van der Waals surface area contributed by atoms with Crippen molar-refractivity contribution in [3.05, 3.63) is 41.8 Å². The number of nitrogen functional groups attached to an aromatic ring is 1. The summed E-state index contributed by atoms with van der Waals surface area (Å²) in [5.41, 5.74) is 6.83. The van der Waals surface area contributed by atoms with E-state index in [1.807, 2.05) is 0 Å². The van der Waals surface area contributed by atoms with E-state index in [1.54, 1.807) is 25.1 Å². The summed E-state index contributed by atoms with van der Waals surface area (Å²) in [6.07, 6.45) is 1.45. The second-order valence-electron chi connectivity index (χ2n) is 3.88. The first-order chi connectivity index (χ1) is 8.47. The van der Waals surface area contributed by atoms with E-state index in [9.17, 15) is 8.42 Å². The second kappa shape index (κ2) is 4.79. The number of nitrogens with one attached hydrogen (secondary N) is 1. The van der Waals surface area contributed by atoms with E-state index in [4.69, 9.17) is 10.3 Å². The van der Waals surface area contributed by atoms with Crippen molar-refractivity contribution in [1.82, 2.24) is 9.88 Å². The maximum Gasteiger partial charge on any atom is 0.241 e. The number of anilines is 1. The highest BCUT2D eigenvalue weighted by Gasteiger charge is 2.15. The second-order valence-corrected chi connectivity index (χ2v) is 5.65. The molecule has 0 spiro atoms. The van der Waals surface area contributed by atoms with Crippen molar-refractivity contribution in [3.8, 4) is 0 Å². The van der Waals surface area contributed by atoms with Crippen LogP contribution in [0.5, 0.6) is 0 Å². The van der Waals surface area contributed by atoms with Crippen LogP contribution in [0.4, 0.5) is 5.69 Å². The molecule has 0 aliphatic heterocycles. The Kier molecular flexibility index (Phi) is 3.35. The first-order valence-electron chi connectivity index (χ1n) is 5.24. The number of aromatic nitrogens is 1. The molecule has 6 nitrogen and oxygen atoms in total. The molecule has 1 aromatic carbocycles. The highest BCUT2D eigenvalue weighted by atomic mass is 32.2. The number of benzene rings is 1. The molecule has 0 aliphatic rings. The Morgan fingerprint density at radius 3 is 2.78 bits per heavy atom. The van der Waals surface area contributed by atoms with Crippen LogP contribution in [0.3, 0.4) is 0 Å². The van der Waals surface area contributed by atoms with E-state index in [-0.39, 0.29) is 11.4 Å². The van der Waals surface area contributed by atoms with Crippen LogP contribution in [-0.4, -0.2) is 13.6 Å². The number of nitrogens with two attached hydrogens (primary N) is 1. The molecule has 0 saturated heterocycles. The van der Waals surface area contributed by atoms with Crippen molar-refractivity contribution >= 4 is 15.7 Å². The van der Waals surface area contributed by atoms with Crippen molar-refractivity contribution in [3.63, 3.8) is 0 Å². The smallest absolute Gasteiger partial charge is 0.241 e. The van der Waals surface area contributed by atoms with Gasteiger partial charge in [0, 0.05) is 11.8 Å². The third-order valence-electron chi connectivity index (χ3n) is 2.31. The quantitative estimate of drug-likeness (QED) is 0.807. The molecule has 0 radical (unpaired) electrons. The number of sulfonamides is 1. The summed E-state index contributed by atoms with van der Waals surface area (Å²) >= 11 is 0. The predicted octanol–water partition coefficient (Wildman–Crippen LogP) is 1.04. The van der Waals surface area contributed by atoms with Gasteiger partial charge in [0.1, 0.15) is 0 Å². The monoisotopic (exact) mass is 267 g/mol. The highest BCUT2D eigenvalue weighted by molar-refractivity contribution is 7.89. The summed E-state index contributed by atoms with van der Waals surface area (Å²) < 4.78 is 31.2. The van der Waals surface area contributed by atoms with Gasteiger partial charge in [0.25, 0.3) is 0 Å². The topological polar surface area (TPSA) is 98.2 Å². The van der Waals surface area contributed by atoms with Gasteiger partial charge in [-0.15, -0.1) is 0 Å². The summed E-state index contributed by atoms with van der Waals surface area (Å²) in [6, 6.07) is 6.26. The van der Waals surface area contributed by atoms with Gasteiger partial charge >= 0.3 is 0 Å². The number of aryl methyl sites for hydroxylation is 1. The van der Waals surface area contributed by atoms with Gasteiger partial charge in [0.05, 0.1) is 17.6 Å². The lowest BCUT2D eigenvalue weighted by molar-refractivity contribution is 0.380. The molecular weight excluding hydrogens is 254 g/mol. The Labute approximate surface area is 105 Å². The number of hydrogen-bond acceptors (Lipinski definition) is 5. The molecule has 7 heteroatoms. The van der Waals surface area contributed by atoms with Gasteiger partial charge in [-0.05, 0) is 30.7 Å². The highest BCUT2D eigenvalue weighted by Crippen LogP contribution is 2.16. The van der Waals surface area contributed by atoms with Gasteiger partial charge in [0.15, 0.2) is 5.76 Å². The van der Waals surface area contributed by atoms with E-state index in [1.165, 1.54) is 12.3 Å². The van der Waals surface area contributed by atoms with Crippen LogP contribution in [0.15, 0.2) is 39.9 Å². The zero-order chi connectivity index (χ0) is 13.2. The van der Waals surface area contributed by atoms with Crippen LogP contribution < -0.4 is 10.5 Å². The third kappa shape index (κ3) is 2.88. The van der Waals surface area contributed by atoms with Crippen molar-refractivity contribution < 1.29 is 12.9 Å². The number of nitrogens with zero attached hydrogens (tertiary/aromatic N) is 1. The molecule has 0 fully saturated rings. The molecule has 0 aliphatic carbocycles. The zero-order valence-corrected chi connectivity index (χ0v) is 10.6. The minimum absolute atomic E-state index is 0.0518. The summed E-state index contributed by atoms with van der Waals surface area (Å²) in [4.78, 5) is 0.138. The minimum Gasteiger partial charge on any atom is -0.399 e. The van der Waals surface area contributed by atoms with Crippen LogP contribution in [0.2, 0.25) is 0 Å². The van der Waals surface area contributed by atoms with Gasteiger partial charge < -0.3 is 10.3 Å². The van der Waals surface area contributed by atoms with Gasteiger partial charge in [-0.25, -0.2) is 13.1 Å². The molecule has 2 aromatic rings. The maximum absolute atomic E-state index is 12.0. The lowest BCUT2D eigenvalue weighted by Crippen LogP contribution is -2.23. The third-order valence-corrected chi connectivity index (χ3v) is 3.69. The molecular formula is C11H13N3O3S. The Hall–Kier alpha value is -1.86. The molecule has 18 heavy (non-hydrogen) atoms. The molecule has 0 unspecified atom stereocenters. The summed E-state index contributed by atoms with van der Waals surface area (Å²) in [5, 5.41) is 3.49. The fourth-order valence-electron chi connectivity index (χ4n) is 1.51. The largest absolute Gasteiger partial charge is 0.399 e. The first-order valence-corrected chi connectivity index (χ1v) is 6.72. The molecule has 0 saturated carbocycles. The number of hydrogen-bond donors (Lipinski definition) is 2. The van der Waals surface area contributed by atoms with E-state index < -0.39 is 10.0 Å². The van der Waals surface area contributed by atoms with Crippen LogP contribution in [0, 0.1) is 6.92 Å². The van der Waals surface area contributed by atoms with Crippen LogP contribution in [0.1, 0.15) is 11.3 Å². The van der Waals surface area contributed by atoms with Gasteiger partial charge in [-0.1, -0.05) is 5.16 Å². The molecule has 96 valence electrons. The predicted molar refractivity (Wildman–Crippen MR) is 66.1 cm³/mol. The maximum atomic E-state index is 12.0. The van der Waals surface area contributed by atoms with Gasteiger partial charge in [0.2, 0.25) is 10.0 Å². The van der Waals surface area contributed by atoms with Crippen molar-refractivity contribution in [2.45, 2.75) is 18.4 Å². The molecule has 3 N–H and O–H groups in total. The fraction of sp³-hybridized carbons (Fsp3) is 0.182. The van der Waals surface area contributed by atoms with Crippen LogP contribution in [-0.2, 0) is 16.6 Å². The van der Waals surface area contributed by atoms with E-state index >= 15 is 0 Å². The lowest BCUT2D eigenvalue weighted by Gasteiger charge is -2.07. The summed E-state index contributed by atoms with van der Waals surface area (Å²) in [7, 11) is -3.60. The Balaban J connectivity index is 2.20. The van der Waals surface area contributed by atoms with Crippen molar-refractivity contribution in [2.24, 2.45) is 0 Å². The molecule has 0 bridgehead atoms. The first kappa shape index (κ1) is 12.6. The average Bonchev–Trinajstić information content (AvgIpc) is 2.78.